The number of hydrogen-bond donors (Lipinski definition) is 1. The van der Waals surface area contributed by atoms with Crippen LogP contribution in [-0.2, 0) is 9.47 Å². The molecule has 0 radical (unpaired) electrons. The van der Waals surface area contributed by atoms with E-state index in [1.165, 1.54) is 0 Å². The zero-order valence-electron chi connectivity index (χ0n) is 15.9. The van der Waals surface area contributed by atoms with Gasteiger partial charge in [-0.1, -0.05) is 11.6 Å². The summed E-state index contributed by atoms with van der Waals surface area (Å²) in [7, 11) is 5.46. The Kier molecular flexibility index (Phi) is 15.9. The summed E-state index contributed by atoms with van der Waals surface area (Å²) < 4.78 is 16.1. The van der Waals surface area contributed by atoms with Crippen molar-refractivity contribution in [2.45, 2.75) is 12.8 Å². The Hall–Kier alpha value is -0.770. The molecule has 0 heterocycles. The molecule has 0 amide bonds. The lowest BCUT2D eigenvalue weighted by Gasteiger charge is -2.22. The minimum absolute atomic E-state index is 0. The van der Waals surface area contributed by atoms with Crippen LogP contribution in [0.5, 0.6) is 5.75 Å². The summed E-state index contributed by atoms with van der Waals surface area (Å²) in [6.45, 7) is 4.24. The molecule has 0 bridgehead atoms. The molecular formula is C18H31ClIN3O3. The van der Waals surface area contributed by atoms with Crippen LogP contribution in [0.25, 0.3) is 0 Å². The van der Waals surface area contributed by atoms with Crippen molar-refractivity contribution < 1.29 is 14.2 Å². The molecule has 0 aromatic heterocycles. The maximum atomic E-state index is 5.86. The number of likely N-dealkylation sites (N-methyl/N-ethyl adjacent to an activating group) is 1. The van der Waals surface area contributed by atoms with Gasteiger partial charge in [0.25, 0.3) is 0 Å². The fraction of sp³-hybridized carbons (Fsp3) is 0.611. The Morgan fingerprint density at radius 3 is 2.50 bits per heavy atom. The number of benzene rings is 1. The van der Waals surface area contributed by atoms with Gasteiger partial charge in [-0.25, -0.2) is 0 Å². The minimum atomic E-state index is 0. The fourth-order valence-corrected chi connectivity index (χ4v) is 2.22. The van der Waals surface area contributed by atoms with Gasteiger partial charge in [0.15, 0.2) is 5.96 Å². The van der Waals surface area contributed by atoms with E-state index in [1.54, 1.807) is 14.2 Å². The van der Waals surface area contributed by atoms with E-state index in [2.05, 4.69) is 10.3 Å². The molecule has 0 unspecified atom stereocenters. The topological polar surface area (TPSA) is 55.3 Å². The molecule has 1 aromatic rings. The summed E-state index contributed by atoms with van der Waals surface area (Å²) >= 11 is 5.86. The molecule has 0 saturated heterocycles. The number of rotatable bonds is 12. The number of nitrogens with zero attached hydrogens (tertiary/aromatic N) is 2. The van der Waals surface area contributed by atoms with Crippen molar-refractivity contribution in [1.29, 1.82) is 0 Å². The summed E-state index contributed by atoms with van der Waals surface area (Å²) in [5.41, 5.74) is 0. The van der Waals surface area contributed by atoms with Gasteiger partial charge in [0.05, 0.1) is 19.8 Å². The Morgan fingerprint density at radius 2 is 1.85 bits per heavy atom. The van der Waals surface area contributed by atoms with Crippen molar-refractivity contribution in [3.63, 3.8) is 0 Å². The lowest BCUT2D eigenvalue weighted by Crippen LogP contribution is -2.41. The largest absolute Gasteiger partial charge is 0.492 e. The Labute approximate surface area is 179 Å². The molecule has 1 aromatic carbocycles. The number of nitrogens with one attached hydrogen (secondary N) is 1. The van der Waals surface area contributed by atoms with Crippen LogP contribution < -0.4 is 10.1 Å². The fourth-order valence-electron chi connectivity index (χ4n) is 2.10. The molecule has 0 aliphatic carbocycles. The summed E-state index contributed by atoms with van der Waals surface area (Å²) in [5.74, 6) is 1.68. The van der Waals surface area contributed by atoms with Crippen LogP contribution in [0.1, 0.15) is 12.8 Å². The van der Waals surface area contributed by atoms with Crippen molar-refractivity contribution in [3.8, 4) is 5.75 Å². The number of ether oxygens (including phenoxy) is 3. The second-order valence-corrected chi connectivity index (χ2v) is 5.95. The third-order valence-electron chi connectivity index (χ3n) is 3.51. The predicted molar refractivity (Wildman–Crippen MR) is 118 cm³/mol. The number of hydrogen-bond acceptors (Lipinski definition) is 4. The molecule has 0 fully saturated rings. The average molecular weight is 500 g/mol. The summed E-state index contributed by atoms with van der Waals surface area (Å²) in [5, 5.41) is 4.06. The van der Waals surface area contributed by atoms with Crippen molar-refractivity contribution in [2.75, 3.05) is 60.7 Å². The van der Waals surface area contributed by atoms with E-state index < -0.39 is 0 Å². The van der Waals surface area contributed by atoms with Crippen molar-refractivity contribution in [2.24, 2.45) is 4.99 Å². The first-order chi connectivity index (χ1) is 12.2. The zero-order chi connectivity index (χ0) is 18.3. The quantitative estimate of drug-likeness (QED) is 0.207. The van der Waals surface area contributed by atoms with E-state index in [0.29, 0.717) is 24.8 Å². The van der Waals surface area contributed by atoms with Crippen LogP contribution in [0.4, 0.5) is 0 Å². The highest BCUT2D eigenvalue weighted by molar-refractivity contribution is 14.0. The van der Waals surface area contributed by atoms with E-state index in [1.807, 2.05) is 36.2 Å². The second kappa shape index (κ2) is 16.4. The summed E-state index contributed by atoms with van der Waals surface area (Å²) in [4.78, 5) is 6.34. The SMILES string of the molecule is CN=C(NCCCCOCCOC)N(C)CCOc1ccc(Cl)cc1.I. The van der Waals surface area contributed by atoms with Crippen molar-refractivity contribution >= 4 is 41.5 Å². The number of aliphatic imine (C=N–C) groups is 1. The molecule has 0 spiro atoms. The average Bonchev–Trinajstić information content (AvgIpc) is 2.62. The normalized spacial score (nSPS) is 11.0. The maximum absolute atomic E-state index is 5.86. The lowest BCUT2D eigenvalue weighted by molar-refractivity contribution is 0.0689. The van der Waals surface area contributed by atoms with E-state index in [4.69, 9.17) is 25.8 Å². The third kappa shape index (κ3) is 11.8. The van der Waals surface area contributed by atoms with Crippen LogP contribution >= 0.6 is 35.6 Å². The zero-order valence-corrected chi connectivity index (χ0v) is 19.0. The first-order valence-electron chi connectivity index (χ1n) is 8.54. The van der Waals surface area contributed by atoms with E-state index in [9.17, 15) is 0 Å². The van der Waals surface area contributed by atoms with Gasteiger partial charge in [-0.05, 0) is 37.1 Å². The number of guanidine groups is 1. The van der Waals surface area contributed by atoms with E-state index >= 15 is 0 Å². The van der Waals surface area contributed by atoms with Gasteiger partial charge in [0.2, 0.25) is 0 Å². The smallest absolute Gasteiger partial charge is 0.193 e. The highest BCUT2D eigenvalue weighted by atomic mass is 127. The Morgan fingerprint density at radius 1 is 1.12 bits per heavy atom. The minimum Gasteiger partial charge on any atom is -0.492 e. The van der Waals surface area contributed by atoms with Gasteiger partial charge in [-0.15, -0.1) is 24.0 Å². The molecule has 0 aliphatic heterocycles. The summed E-state index contributed by atoms with van der Waals surface area (Å²) in [6, 6.07) is 7.37. The standard InChI is InChI=1S/C18H30ClN3O3.HI/c1-20-18(21-10-4-5-12-24-15-14-23-3)22(2)11-13-25-17-8-6-16(19)7-9-17;/h6-9H,4-5,10-15H2,1-3H3,(H,20,21);1H. The highest BCUT2D eigenvalue weighted by Crippen LogP contribution is 2.15. The molecule has 150 valence electrons. The molecule has 0 aliphatic rings. The molecule has 6 nitrogen and oxygen atoms in total. The van der Waals surface area contributed by atoms with Crippen LogP contribution in [0.15, 0.2) is 29.3 Å². The third-order valence-corrected chi connectivity index (χ3v) is 3.76. The molecule has 1 N–H and O–H groups in total. The number of methoxy groups -OCH3 is 1. The number of unbranched alkanes of at least 4 members (excludes halogenated alkanes) is 1. The molecule has 26 heavy (non-hydrogen) atoms. The predicted octanol–water partition coefficient (Wildman–Crippen LogP) is 3.29. The molecule has 0 saturated carbocycles. The monoisotopic (exact) mass is 499 g/mol. The lowest BCUT2D eigenvalue weighted by atomic mass is 10.3. The van der Waals surface area contributed by atoms with Gasteiger partial charge in [0.1, 0.15) is 12.4 Å². The molecule has 0 atom stereocenters. The van der Waals surface area contributed by atoms with Gasteiger partial charge in [0, 0.05) is 39.4 Å². The second-order valence-electron chi connectivity index (χ2n) is 5.51. The van der Waals surface area contributed by atoms with Gasteiger partial charge >= 0.3 is 0 Å². The molecule has 8 heteroatoms. The first kappa shape index (κ1) is 25.2. The maximum Gasteiger partial charge on any atom is 0.193 e. The van der Waals surface area contributed by atoms with Gasteiger partial charge < -0.3 is 24.4 Å². The van der Waals surface area contributed by atoms with Crippen molar-refractivity contribution in [1.82, 2.24) is 10.2 Å². The Balaban J connectivity index is 0.00000625. The van der Waals surface area contributed by atoms with Crippen molar-refractivity contribution in [3.05, 3.63) is 29.3 Å². The summed E-state index contributed by atoms with van der Waals surface area (Å²) in [6.07, 6.45) is 2.04. The molecular weight excluding hydrogens is 469 g/mol. The molecule has 1 rings (SSSR count). The van der Waals surface area contributed by atoms with Gasteiger partial charge in [-0.3, -0.25) is 4.99 Å². The van der Waals surface area contributed by atoms with Crippen LogP contribution in [-0.4, -0.2) is 71.6 Å². The first-order valence-corrected chi connectivity index (χ1v) is 8.92. The van der Waals surface area contributed by atoms with Crippen LogP contribution in [0, 0.1) is 0 Å². The van der Waals surface area contributed by atoms with E-state index in [-0.39, 0.29) is 24.0 Å². The Bertz CT molecular complexity index is 489. The van der Waals surface area contributed by atoms with E-state index in [0.717, 1.165) is 44.2 Å². The highest BCUT2D eigenvalue weighted by Gasteiger charge is 2.05. The van der Waals surface area contributed by atoms with Gasteiger partial charge in [-0.2, -0.15) is 0 Å². The van der Waals surface area contributed by atoms with Crippen LogP contribution in [0.2, 0.25) is 5.02 Å². The number of halogens is 2. The van der Waals surface area contributed by atoms with Crippen LogP contribution in [0.3, 0.4) is 0 Å².